The molecule has 0 aliphatic rings. The molecule has 0 saturated heterocycles. The highest BCUT2D eigenvalue weighted by Gasteiger charge is 2.23. The van der Waals surface area contributed by atoms with Crippen molar-refractivity contribution in [1.82, 2.24) is 20.0 Å². The van der Waals surface area contributed by atoms with E-state index in [1.54, 1.807) is 14.1 Å². The second-order valence-corrected chi connectivity index (χ2v) is 4.43. The number of aryl methyl sites for hydroxylation is 1. The Hall–Kier alpha value is -2.05. The summed E-state index contributed by atoms with van der Waals surface area (Å²) in [4.78, 5) is 26.8. The van der Waals surface area contributed by atoms with Crippen LogP contribution >= 0.6 is 0 Å². The number of carbonyl (C=O) groups excluding carboxylic acids is 2. The smallest absolute Gasteiger partial charge is 0.276 e. The van der Waals surface area contributed by atoms with Gasteiger partial charge in [0.25, 0.3) is 5.91 Å². The number of carbonyl (C=O) groups is 2. The van der Waals surface area contributed by atoms with E-state index >= 15 is 0 Å². The molecule has 0 aliphatic carbocycles. The van der Waals surface area contributed by atoms with E-state index < -0.39 is 0 Å². The molecule has 0 bridgehead atoms. The van der Waals surface area contributed by atoms with Gasteiger partial charge in [-0.05, 0) is 13.3 Å². The molecule has 3 N–H and O–H groups in total. The molecule has 1 aromatic rings. The van der Waals surface area contributed by atoms with Crippen molar-refractivity contribution in [1.29, 1.82) is 0 Å². The maximum absolute atomic E-state index is 12.3. The Morgan fingerprint density at radius 2 is 1.95 bits per heavy atom. The monoisotopic (exact) mass is 267 g/mol. The van der Waals surface area contributed by atoms with Crippen LogP contribution in [0.5, 0.6) is 0 Å². The summed E-state index contributed by atoms with van der Waals surface area (Å²) in [6.07, 6.45) is 0.675. The zero-order valence-corrected chi connectivity index (χ0v) is 11.9. The van der Waals surface area contributed by atoms with Gasteiger partial charge >= 0.3 is 0 Å². The summed E-state index contributed by atoms with van der Waals surface area (Å²) >= 11 is 0. The van der Waals surface area contributed by atoms with Gasteiger partial charge in [0.2, 0.25) is 5.91 Å². The van der Waals surface area contributed by atoms with Gasteiger partial charge in [-0.1, -0.05) is 6.92 Å². The molecule has 1 rings (SSSR count). The van der Waals surface area contributed by atoms with Gasteiger partial charge in [-0.2, -0.15) is 5.10 Å². The van der Waals surface area contributed by atoms with Gasteiger partial charge in [-0.25, -0.2) is 0 Å². The van der Waals surface area contributed by atoms with Crippen molar-refractivity contribution < 1.29 is 9.59 Å². The lowest BCUT2D eigenvalue weighted by Crippen LogP contribution is -2.40. The number of likely N-dealkylation sites (N-methyl/N-ethyl adjacent to an activating group) is 2. The molecule has 0 fully saturated rings. The summed E-state index contributed by atoms with van der Waals surface area (Å²) in [7, 11) is 3.30. The molecule has 7 heteroatoms. The zero-order chi connectivity index (χ0) is 14.6. The first-order valence-electron chi connectivity index (χ1n) is 6.24. The van der Waals surface area contributed by atoms with E-state index in [4.69, 9.17) is 5.73 Å². The van der Waals surface area contributed by atoms with E-state index in [9.17, 15) is 9.59 Å². The molecule has 19 heavy (non-hydrogen) atoms. The fourth-order valence-electron chi connectivity index (χ4n) is 1.60. The fourth-order valence-corrected chi connectivity index (χ4v) is 1.60. The Morgan fingerprint density at radius 3 is 2.37 bits per heavy atom. The Balaban J connectivity index is 2.89. The number of nitrogens with two attached hydrogens (primary N) is 1. The average molecular weight is 267 g/mol. The lowest BCUT2D eigenvalue weighted by atomic mass is 10.2. The maximum Gasteiger partial charge on any atom is 0.276 e. The Morgan fingerprint density at radius 1 is 1.32 bits per heavy atom. The fraction of sp³-hybridized carbons (Fsp3) is 0.583. The van der Waals surface area contributed by atoms with Crippen molar-refractivity contribution in [2.75, 3.05) is 32.9 Å². The Bertz CT molecular complexity index is 467. The number of nitrogen functional groups attached to an aromatic ring is 1. The third kappa shape index (κ3) is 3.24. The van der Waals surface area contributed by atoms with Gasteiger partial charge in [0.05, 0.1) is 11.4 Å². The van der Waals surface area contributed by atoms with Crippen LogP contribution in [0.3, 0.4) is 0 Å². The number of hydrogen-bond donors (Lipinski definition) is 2. The standard InChI is InChI=1S/C12H21N5O2/c1-5-8-10(13)11(15-14-8)12(19)17(6-2)7-9(18)16(3)4/h5-7,13H2,1-4H3,(H,14,15). The van der Waals surface area contributed by atoms with E-state index in [0.717, 1.165) is 5.69 Å². The molecule has 1 heterocycles. The van der Waals surface area contributed by atoms with E-state index in [1.807, 2.05) is 13.8 Å². The lowest BCUT2D eigenvalue weighted by molar-refractivity contribution is -0.129. The minimum absolute atomic E-state index is 0.0239. The molecule has 7 nitrogen and oxygen atoms in total. The van der Waals surface area contributed by atoms with Crippen LogP contribution in [-0.2, 0) is 11.2 Å². The Kier molecular flexibility index (Phi) is 4.91. The molecule has 1 aromatic heterocycles. The quantitative estimate of drug-likeness (QED) is 0.791. The third-order valence-electron chi connectivity index (χ3n) is 2.93. The van der Waals surface area contributed by atoms with Crippen LogP contribution in [0.15, 0.2) is 0 Å². The van der Waals surface area contributed by atoms with E-state index in [0.29, 0.717) is 18.7 Å². The molecule has 2 amide bonds. The largest absolute Gasteiger partial charge is 0.395 e. The van der Waals surface area contributed by atoms with Gasteiger partial charge in [0, 0.05) is 20.6 Å². The highest BCUT2D eigenvalue weighted by molar-refractivity contribution is 5.99. The topological polar surface area (TPSA) is 95.3 Å². The first-order valence-corrected chi connectivity index (χ1v) is 6.24. The van der Waals surface area contributed by atoms with Gasteiger partial charge in [0.1, 0.15) is 6.54 Å². The molecule has 106 valence electrons. The number of H-pyrrole nitrogens is 1. The van der Waals surface area contributed by atoms with Crippen molar-refractivity contribution >= 4 is 17.5 Å². The molecular formula is C12H21N5O2. The van der Waals surface area contributed by atoms with Crippen molar-refractivity contribution in [3.05, 3.63) is 11.4 Å². The normalized spacial score (nSPS) is 10.3. The number of hydrogen-bond acceptors (Lipinski definition) is 4. The van der Waals surface area contributed by atoms with Crippen LogP contribution in [0.25, 0.3) is 0 Å². The first-order chi connectivity index (χ1) is 8.92. The number of amides is 2. The molecule has 0 saturated carbocycles. The van der Waals surface area contributed by atoms with E-state index in [2.05, 4.69) is 10.2 Å². The minimum Gasteiger partial charge on any atom is -0.395 e. The summed E-state index contributed by atoms with van der Waals surface area (Å²) in [5.41, 5.74) is 7.15. The maximum atomic E-state index is 12.3. The number of aromatic nitrogens is 2. The summed E-state index contributed by atoms with van der Waals surface area (Å²) in [6, 6.07) is 0. The SMILES string of the molecule is CCc1[nH]nc(C(=O)N(CC)CC(=O)N(C)C)c1N. The summed E-state index contributed by atoms with van der Waals surface area (Å²) < 4.78 is 0. The number of nitrogens with one attached hydrogen (secondary N) is 1. The number of rotatable bonds is 5. The van der Waals surface area contributed by atoms with Gasteiger partial charge in [0.15, 0.2) is 5.69 Å². The lowest BCUT2D eigenvalue weighted by Gasteiger charge is -2.21. The highest BCUT2D eigenvalue weighted by Crippen LogP contribution is 2.16. The van der Waals surface area contributed by atoms with Crippen molar-refractivity contribution in [3.8, 4) is 0 Å². The molecule has 0 aromatic carbocycles. The van der Waals surface area contributed by atoms with Gasteiger partial charge in [-0.15, -0.1) is 0 Å². The molecular weight excluding hydrogens is 246 g/mol. The second kappa shape index (κ2) is 6.21. The minimum atomic E-state index is -0.328. The Labute approximate surface area is 112 Å². The van der Waals surface area contributed by atoms with Crippen LogP contribution in [0, 0.1) is 0 Å². The summed E-state index contributed by atoms with van der Waals surface area (Å²) in [5, 5.41) is 6.68. The average Bonchev–Trinajstić information content (AvgIpc) is 2.75. The van der Waals surface area contributed by atoms with Crippen LogP contribution < -0.4 is 5.73 Å². The number of anilines is 1. The van der Waals surface area contributed by atoms with Gasteiger partial charge < -0.3 is 15.5 Å². The molecule has 0 radical (unpaired) electrons. The predicted molar refractivity (Wildman–Crippen MR) is 72.6 cm³/mol. The molecule has 0 aliphatic heterocycles. The summed E-state index contributed by atoms with van der Waals surface area (Å²) in [5.74, 6) is -0.467. The third-order valence-corrected chi connectivity index (χ3v) is 2.93. The summed E-state index contributed by atoms with van der Waals surface area (Å²) in [6.45, 7) is 4.18. The van der Waals surface area contributed by atoms with E-state index in [-0.39, 0.29) is 24.1 Å². The van der Waals surface area contributed by atoms with Crippen LogP contribution in [0.1, 0.15) is 30.0 Å². The highest BCUT2D eigenvalue weighted by atomic mass is 16.2. The number of aromatic amines is 1. The van der Waals surface area contributed by atoms with Crippen LogP contribution in [0.2, 0.25) is 0 Å². The second-order valence-electron chi connectivity index (χ2n) is 4.43. The van der Waals surface area contributed by atoms with Crippen molar-refractivity contribution in [2.24, 2.45) is 0 Å². The van der Waals surface area contributed by atoms with Gasteiger partial charge in [-0.3, -0.25) is 14.7 Å². The molecule has 0 spiro atoms. The predicted octanol–water partition coefficient (Wildman–Crippen LogP) is 0.105. The van der Waals surface area contributed by atoms with Crippen LogP contribution in [-0.4, -0.2) is 59.0 Å². The zero-order valence-electron chi connectivity index (χ0n) is 11.9. The van der Waals surface area contributed by atoms with E-state index in [1.165, 1.54) is 9.80 Å². The van der Waals surface area contributed by atoms with Crippen molar-refractivity contribution in [3.63, 3.8) is 0 Å². The van der Waals surface area contributed by atoms with Crippen LogP contribution in [0.4, 0.5) is 5.69 Å². The molecule has 0 atom stereocenters. The first kappa shape index (κ1) is 15.0. The van der Waals surface area contributed by atoms with Crippen molar-refractivity contribution in [2.45, 2.75) is 20.3 Å². The number of nitrogens with zero attached hydrogens (tertiary/aromatic N) is 3. The molecule has 0 unspecified atom stereocenters.